The van der Waals surface area contributed by atoms with Crippen molar-refractivity contribution in [2.45, 2.75) is 6.92 Å². The van der Waals surface area contributed by atoms with E-state index in [0.29, 0.717) is 29.2 Å². The number of ether oxygens (including phenoxy) is 1. The van der Waals surface area contributed by atoms with Crippen LogP contribution in [0.5, 0.6) is 5.75 Å². The number of non-ortho nitro benzene ring substituents is 1. The van der Waals surface area contributed by atoms with Crippen LogP contribution in [0, 0.1) is 16.0 Å². The number of fused-ring (bicyclic) bond motifs is 1. The maximum absolute atomic E-state index is 11.0. The van der Waals surface area contributed by atoms with E-state index in [1.54, 1.807) is 24.4 Å². The van der Waals surface area contributed by atoms with E-state index >= 15 is 0 Å². The number of hydrogen-bond acceptors (Lipinski definition) is 4. The molecule has 0 aliphatic heterocycles. The van der Waals surface area contributed by atoms with Crippen LogP contribution in [0.25, 0.3) is 10.9 Å². The van der Waals surface area contributed by atoms with Crippen LogP contribution in [0.2, 0.25) is 0 Å². The summed E-state index contributed by atoms with van der Waals surface area (Å²) in [5, 5.41) is 12.3. The third kappa shape index (κ3) is 3.01. The van der Waals surface area contributed by atoms with Gasteiger partial charge in [-0.1, -0.05) is 22.9 Å². The largest absolute Gasteiger partial charge is 0.491 e. The van der Waals surface area contributed by atoms with Crippen molar-refractivity contribution < 1.29 is 9.66 Å². The summed E-state index contributed by atoms with van der Waals surface area (Å²) in [4.78, 5) is 14.7. The number of alkyl halides is 1. The molecule has 19 heavy (non-hydrogen) atoms. The zero-order chi connectivity index (χ0) is 13.8. The molecular weight excluding hydrogens is 312 g/mol. The van der Waals surface area contributed by atoms with E-state index in [1.807, 2.05) is 0 Å². The SMILES string of the molecule is CC(CBr)COc1ccc([N+](=O)[O-])c2cccnc12. The van der Waals surface area contributed by atoms with Crippen LogP contribution in [0.4, 0.5) is 5.69 Å². The fourth-order valence-electron chi connectivity index (χ4n) is 1.68. The highest BCUT2D eigenvalue weighted by atomic mass is 79.9. The Morgan fingerprint density at radius 3 is 2.95 bits per heavy atom. The lowest BCUT2D eigenvalue weighted by Gasteiger charge is -2.11. The lowest BCUT2D eigenvalue weighted by Crippen LogP contribution is -2.10. The third-order valence-electron chi connectivity index (χ3n) is 2.69. The van der Waals surface area contributed by atoms with Crippen molar-refractivity contribution in [3.05, 3.63) is 40.6 Å². The number of aromatic nitrogens is 1. The van der Waals surface area contributed by atoms with Crippen molar-refractivity contribution in [1.82, 2.24) is 4.98 Å². The molecule has 1 aromatic heterocycles. The minimum Gasteiger partial charge on any atom is -0.491 e. The van der Waals surface area contributed by atoms with Crippen LogP contribution in [0.1, 0.15) is 6.92 Å². The monoisotopic (exact) mass is 324 g/mol. The first-order chi connectivity index (χ1) is 9.13. The van der Waals surface area contributed by atoms with Gasteiger partial charge in [0.2, 0.25) is 0 Å². The molecule has 0 saturated carbocycles. The Balaban J connectivity index is 2.41. The van der Waals surface area contributed by atoms with Gasteiger partial charge in [-0.3, -0.25) is 15.1 Å². The lowest BCUT2D eigenvalue weighted by atomic mass is 10.1. The Bertz CT molecular complexity index is 603. The molecule has 1 heterocycles. The van der Waals surface area contributed by atoms with Gasteiger partial charge in [-0.2, -0.15) is 0 Å². The van der Waals surface area contributed by atoms with Gasteiger partial charge in [0.1, 0.15) is 11.3 Å². The molecule has 0 saturated heterocycles. The fourth-order valence-corrected chi connectivity index (χ4v) is 1.87. The number of benzene rings is 1. The molecule has 0 spiro atoms. The summed E-state index contributed by atoms with van der Waals surface area (Å²) in [5.41, 5.74) is 0.572. The highest BCUT2D eigenvalue weighted by Crippen LogP contribution is 2.31. The molecule has 0 amide bonds. The molecule has 2 aromatic rings. The van der Waals surface area contributed by atoms with E-state index in [9.17, 15) is 10.1 Å². The van der Waals surface area contributed by atoms with Gasteiger partial charge in [0.25, 0.3) is 5.69 Å². The molecule has 5 nitrogen and oxygen atoms in total. The first-order valence-electron chi connectivity index (χ1n) is 5.84. The van der Waals surface area contributed by atoms with E-state index in [-0.39, 0.29) is 5.69 Å². The predicted molar refractivity (Wildman–Crippen MR) is 76.9 cm³/mol. The van der Waals surface area contributed by atoms with Gasteiger partial charge in [-0.15, -0.1) is 0 Å². The summed E-state index contributed by atoms with van der Waals surface area (Å²) in [6, 6.07) is 6.42. The summed E-state index contributed by atoms with van der Waals surface area (Å²) in [5.74, 6) is 0.933. The van der Waals surface area contributed by atoms with Crippen LogP contribution in [-0.2, 0) is 0 Å². The quantitative estimate of drug-likeness (QED) is 0.479. The molecule has 100 valence electrons. The molecule has 0 N–H and O–H groups in total. The number of nitro groups is 1. The molecule has 0 aliphatic carbocycles. The number of pyridine rings is 1. The molecular formula is C13H13BrN2O3. The van der Waals surface area contributed by atoms with Crippen molar-refractivity contribution in [2.75, 3.05) is 11.9 Å². The van der Waals surface area contributed by atoms with E-state index in [1.165, 1.54) is 6.07 Å². The average Bonchev–Trinajstić information content (AvgIpc) is 2.43. The van der Waals surface area contributed by atoms with Gasteiger partial charge >= 0.3 is 0 Å². The van der Waals surface area contributed by atoms with Crippen LogP contribution in [0.15, 0.2) is 30.5 Å². The lowest BCUT2D eigenvalue weighted by molar-refractivity contribution is -0.383. The Hall–Kier alpha value is -1.69. The number of hydrogen-bond donors (Lipinski definition) is 0. The van der Waals surface area contributed by atoms with Gasteiger partial charge in [-0.25, -0.2) is 0 Å². The van der Waals surface area contributed by atoms with Gasteiger partial charge in [-0.05, 0) is 24.1 Å². The molecule has 2 rings (SSSR count). The van der Waals surface area contributed by atoms with E-state index in [2.05, 4.69) is 27.8 Å². The van der Waals surface area contributed by atoms with Crippen molar-refractivity contribution in [1.29, 1.82) is 0 Å². The Kier molecular flexibility index (Phi) is 4.31. The number of rotatable bonds is 5. The maximum Gasteiger partial charge on any atom is 0.279 e. The standard InChI is InChI=1S/C13H13BrN2O3/c1-9(7-14)8-19-12-5-4-11(16(17)18)10-3-2-6-15-13(10)12/h2-6,9H,7-8H2,1H3. The molecule has 1 atom stereocenters. The van der Waals surface area contributed by atoms with Crippen LogP contribution in [-0.4, -0.2) is 21.8 Å². The number of nitrogens with zero attached hydrogens (tertiary/aromatic N) is 2. The first-order valence-corrected chi connectivity index (χ1v) is 6.96. The second kappa shape index (κ2) is 5.97. The second-order valence-electron chi connectivity index (χ2n) is 4.31. The molecule has 0 radical (unpaired) electrons. The fraction of sp³-hybridized carbons (Fsp3) is 0.308. The predicted octanol–water partition coefficient (Wildman–Crippen LogP) is 3.55. The van der Waals surface area contributed by atoms with Gasteiger partial charge in [0, 0.05) is 17.6 Å². The molecule has 0 aliphatic rings. The summed E-state index contributed by atoms with van der Waals surface area (Å²) in [7, 11) is 0. The van der Waals surface area contributed by atoms with Crippen LogP contribution in [0.3, 0.4) is 0 Å². The third-order valence-corrected chi connectivity index (χ3v) is 3.80. The molecule has 0 bridgehead atoms. The summed E-state index contributed by atoms with van der Waals surface area (Å²) >= 11 is 3.38. The minimum atomic E-state index is -0.408. The summed E-state index contributed by atoms with van der Waals surface area (Å²) < 4.78 is 5.69. The number of nitro benzene ring substituents is 1. The average molecular weight is 325 g/mol. The Morgan fingerprint density at radius 2 is 2.26 bits per heavy atom. The molecule has 0 fully saturated rings. The van der Waals surface area contributed by atoms with E-state index < -0.39 is 4.92 Å². The molecule has 1 unspecified atom stereocenters. The highest BCUT2D eigenvalue weighted by Gasteiger charge is 2.15. The molecule has 1 aromatic carbocycles. The Labute approximate surface area is 118 Å². The van der Waals surface area contributed by atoms with Gasteiger partial charge < -0.3 is 4.74 Å². The Morgan fingerprint density at radius 1 is 1.47 bits per heavy atom. The van der Waals surface area contributed by atoms with Crippen molar-refractivity contribution in [2.24, 2.45) is 5.92 Å². The highest BCUT2D eigenvalue weighted by molar-refractivity contribution is 9.09. The normalized spacial score (nSPS) is 12.3. The van der Waals surface area contributed by atoms with Crippen LogP contribution < -0.4 is 4.74 Å². The first kappa shape index (κ1) is 13.7. The van der Waals surface area contributed by atoms with Crippen LogP contribution >= 0.6 is 15.9 Å². The molecule has 6 heteroatoms. The van der Waals surface area contributed by atoms with Crippen molar-refractivity contribution >= 4 is 32.5 Å². The maximum atomic E-state index is 11.0. The topological polar surface area (TPSA) is 65.3 Å². The van der Waals surface area contributed by atoms with E-state index in [4.69, 9.17) is 4.74 Å². The zero-order valence-corrected chi connectivity index (χ0v) is 12.0. The van der Waals surface area contributed by atoms with Crippen molar-refractivity contribution in [3.63, 3.8) is 0 Å². The van der Waals surface area contributed by atoms with Gasteiger partial charge in [0.15, 0.2) is 0 Å². The number of halogens is 1. The minimum absolute atomic E-state index is 0.0454. The smallest absolute Gasteiger partial charge is 0.279 e. The summed E-state index contributed by atoms with van der Waals surface area (Å²) in [6.07, 6.45) is 1.60. The summed E-state index contributed by atoms with van der Waals surface area (Å²) in [6.45, 7) is 2.59. The van der Waals surface area contributed by atoms with Crippen molar-refractivity contribution in [3.8, 4) is 5.75 Å². The zero-order valence-electron chi connectivity index (χ0n) is 10.4. The van der Waals surface area contributed by atoms with Gasteiger partial charge in [0.05, 0.1) is 16.9 Å². The second-order valence-corrected chi connectivity index (χ2v) is 4.96. The van der Waals surface area contributed by atoms with E-state index in [0.717, 1.165) is 5.33 Å².